The number of amides is 1. The summed E-state index contributed by atoms with van der Waals surface area (Å²) in [7, 11) is 1.59. The second-order valence-electron chi connectivity index (χ2n) is 8.79. The second-order valence-corrected chi connectivity index (χ2v) is 8.79. The molecule has 2 aromatic heterocycles. The molecule has 1 unspecified atom stereocenters. The number of nitrogens with one attached hydrogen (secondary N) is 1. The van der Waals surface area contributed by atoms with Crippen LogP contribution in [0, 0.1) is 12.7 Å². The highest BCUT2D eigenvalue weighted by molar-refractivity contribution is 5.95. The number of carbonyl (C=O) groups excluding carboxylic acids is 1. The fraction of sp³-hybridized carbons (Fsp3) is 0.269. The molecule has 9 nitrogen and oxygen atoms in total. The fourth-order valence-corrected chi connectivity index (χ4v) is 4.38. The summed E-state index contributed by atoms with van der Waals surface area (Å²) in [6.45, 7) is 5.77. The summed E-state index contributed by atoms with van der Waals surface area (Å²) in [6, 6.07) is 11.6. The molecule has 1 aliphatic rings. The fourth-order valence-electron chi connectivity index (χ4n) is 4.38. The van der Waals surface area contributed by atoms with Gasteiger partial charge in [0.15, 0.2) is 11.5 Å². The van der Waals surface area contributed by atoms with E-state index in [-0.39, 0.29) is 36.1 Å². The number of aromatic nitrogens is 5. The van der Waals surface area contributed by atoms with Crippen molar-refractivity contribution in [3.63, 3.8) is 0 Å². The number of anilines is 1. The Morgan fingerprint density at radius 3 is 2.64 bits per heavy atom. The van der Waals surface area contributed by atoms with Crippen LogP contribution >= 0.6 is 0 Å². The molecule has 184 valence electrons. The van der Waals surface area contributed by atoms with Gasteiger partial charge in [0.1, 0.15) is 11.6 Å². The standard InChI is InChI=1S/C26H25FN6O3/c1-14(2)36-22-11-17(7-10-21(22)35-4)19-12-23(34)30-25-24(19)15(3)32-33(25)26-29-20(13-28-31-26)16-5-8-18(27)9-6-16/h5-11,13-14,19H,12H2,1-4H3,(H,30,34). The Hall–Kier alpha value is -4.34. The average molecular weight is 489 g/mol. The molecule has 0 bridgehead atoms. The van der Waals surface area contributed by atoms with Gasteiger partial charge in [-0.05, 0) is 62.7 Å². The molecule has 0 fully saturated rings. The first-order valence-corrected chi connectivity index (χ1v) is 11.5. The smallest absolute Gasteiger partial charge is 0.272 e. The Balaban J connectivity index is 1.58. The van der Waals surface area contributed by atoms with Crippen LogP contribution < -0.4 is 14.8 Å². The summed E-state index contributed by atoms with van der Waals surface area (Å²) in [5.74, 6) is 1.18. The van der Waals surface area contributed by atoms with Crippen molar-refractivity contribution in [1.29, 1.82) is 0 Å². The summed E-state index contributed by atoms with van der Waals surface area (Å²) in [6.07, 6.45) is 1.71. The minimum absolute atomic E-state index is 0.0399. The van der Waals surface area contributed by atoms with Crippen LogP contribution in [0.25, 0.3) is 17.2 Å². The Morgan fingerprint density at radius 1 is 1.14 bits per heavy atom. The molecule has 0 aliphatic carbocycles. The minimum atomic E-state index is -0.341. The topological polar surface area (TPSA) is 104 Å². The van der Waals surface area contributed by atoms with Gasteiger partial charge in [0.05, 0.1) is 30.8 Å². The van der Waals surface area contributed by atoms with E-state index < -0.39 is 0 Å². The molecule has 0 spiro atoms. The van der Waals surface area contributed by atoms with Crippen molar-refractivity contribution in [2.24, 2.45) is 0 Å². The number of carbonyl (C=O) groups is 1. The molecular weight excluding hydrogens is 463 g/mol. The monoisotopic (exact) mass is 488 g/mol. The number of ether oxygens (including phenoxy) is 2. The summed E-state index contributed by atoms with van der Waals surface area (Å²) < 4.78 is 26.3. The summed E-state index contributed by atoms with van der Waals surface area (Å²) in [5.41, 5.74) is 3.69. The van der Waals surface area contributed by atoms with Crippen molar-refractivity contribution < 1.29 is 18.7 Å². The van der Waals surface area contributed by atoms with Crippen LogP contribution in [0.3, 0.4) is 0 Å². The van der Waals surface area contributed by atoms with Gasteiger partial charge in [-0.1, -0.05) is 6.07 Å². The van der Waals surface area contributed by atoms with E-state index >= 15 is 0 Å². The number of fused-ring (bicyclic) bond motifs is 1. The Bertz CT molecular complexity index is 1430. The van der Waals surface area contributed by atoms with Gasteiger partial charge in [-0.3, -0.25) is 4.79 Å². The molecule has 0 saturated carbocycles. The molecule has 10 heteroatoms. The van der Waals surface area contributed by atoms with E-state index in [1.807, 2.05) is 39.0 Å². The van der Waals surface area contributed by atoms with E-state index in [1.165, 1.54) is 23.0 Å². The van der Waals surface area contributed by atoms with Gasteiger partial charge in [-0.2, -0.15) is 14.9 Å². The molecule has 2 aromatic carbocycles. The highest BCUT2D eigenvalue weighted by Gasteiger charge is 2.34. The summed E-state index contributed by atoms with van der Waals surface area (Å²) in [4.78, 5) is 17.4. The summed E-state index contributed by atoms with van der Waals surface area (Å²) >= 11 is 0. The Morgan fingerprint density at radius 2 is 1.92 bits per heavy atom. The molecule has 3 heterocycles. The van der Waals surface area contributed by atoms with E-state index in [0.29, 0.717) is 28.6 Å². The molecule has 36 heavy (non-hydrogen) atoms. The molecule has 1 aliphatic heterocycles. The number of nitrogens with zero attached hydrogens (tertiary/aromatic N) is 5. The van der Waals surface area contributed by atoms with Crippen LogP contribution in [0.15, 0.2) is 48.7 Å². The van der Waals surface area contributed by atoms with Crippen LogP contribution in [-0.4, -0.2) is 44.1 Å². The zero-order chi connectivity index (χ0) is 25.4. The third kappa shape index (κ3) is 4.37. The number of hydrogen-bond acceptors (Lipinski definition) is 7. The van der Waals surface area contributed by atoms with Gasteiger partial charge in [0.25, 0.3) is 5.95 Å². The number of halogens is 1. The molecular formula is C26H25FN6O3. The maximum atomic E-state index is 13.4. The van der Waals surface area contributed by atoms with Crippen LogP contribution in [0.2, 0.25) is 0 Å². The maximum absolute atomic E-state index is 13.4. The molecule has 1 amide bonds. The van der Waals surface area contributed by atoms with Crippen LogP contribution in [0.1, 0.15) is 43.0 Å². The van der Waals surface area contributed by atoms with Gasteiger partial charge in [0, 0.05) is 23.5 Å². The lowest BCUT2D eigenvalue weighted by atomic mass is 9.85. The Kier molecular flexibility index (Phi) is 6.09. The lowest BCUT2D eigenvalue weighted by Gasteiger charge is -2.25. The average Bonchev–Trinajstić information content (AvgIpc) is 3.19. The number of methoxy groups -OCH3 is 1. The third-order valence-corrected chi connectivity index (χ3v) is 5.93. The molecule has 1 N–H and O–H groups in total. The van der Waals surface area contributed by atoms with Crippen molar-refractivity contribution in [3.8, 4) is 28.7 Å². The van der Waals surface area contributed by atoms with Crippen molar-refractivity contribution in [1.82, 2.24) is 25.0 Å². The molecule has 0 saturated heterocycles. The van der Waals surface area contributed by atoms with Crippen LogP contribution in [0.4, 0.5) is 10.2 Å². The zero-order valence-electron chi connectivity index (χ0n) is 20.3. The SMILES string of the molecule is COc1ccc(C2CC(=O)Nc3c2c(C)nn3-c2nncc(-c3ccc(F)cc3)n2)cc1OC(C)C. The van der Waals surface area contributed by atoms with Crippen molar-refractivity contribution in [2.45, 2.75) is 39.2 Å². The highest BCUT2D eigenvalue weighted by Crippen LogP contribution is 2.42. The van der Waals surface area contributed by atoms with Gasteiger partial charge < -0.3 is 14.8 Å². The maximum Gasteiger partial charge on any atom is 0.272 e. The van der Waals surface area contributed by atoms with Gasteiger partial charge in [0.2, 0.25) is 5.91 Å². The first-order chi connectivity index (χ1) is 17.3. The minimum Gasteiger partial charge on any atom is -0.493 e. The van der Waals surface area contributed by atoms with E-state index in [0.717, 1.165) is 16.8 Å². The predicted molar refractivity (Wildman–Crippen MR) is 131 cm³/mol. The van der Waals surface area contributed by atoms with E-state index in [2.05, 4.69) is 25.6 Å². The van der Waals surface area contributed by atoms with Gasteiger partial charge in [-0.15, -0.1) is 5.10 Å². The molecule has 4 aromatic rings. The van der Waals surface area contributed by atoms with Crippen LogP contribution in [0.5, 0.6) is 11.5 Å². The first-order valence-electron chi connectivity index (χ1n) is 11.5. The highest BCUT2D eigenvalue weighted by atomic mass is 19.1. The normalized spacial score (nSPS) is 14.9. The lowest BCUT2D eigenvalue weighted by Crippen LogP contribution is -2.25. The second kappa shape index (κ2) is 9.37. The first kappa shape index (κ1) is 23.4. The number of aryl methyl sites for hydroxylation is 1. The van der Waals surface area contributed by atoms with E-state index in [4.69, 9.17) is 9.47 Å². The predicted octanol–water partition coefficient (Wildman–Crippen LogP) is 4.44. The lowest BCUT2D eigenvalue weighted by molar-refractivity contribution is -0.116. The van der Waals surface area contributed by atoms with Crippen molar-refractivity contribution >= 4 is 11.7 Å². The zero-order valence-corrected chi connectivity index (χ0v) is 20.3. The van der Waals surface area contributed by atoms with Gasteiger partial charge in [-0.25, -0.2) is 9.37 Å². The quantitative estimate of drug-likeness (QED) is 0.428. The van der Waals surface area contributed by atoms with Crippen molar-refractivity contribution in [3.05, 3.63) is 71.3 Å². The Labute approximate surface area is 207 Å². The van der Waals surface area contributed by atoms with E-state index in [1.54, 1.807) is 19.2 Å². The third-order valence-electron chi connectivity index (χ3n) is 5.93. The number of rotatable bonds is 6. The molecule has 0 radical (unpaired) electrons. The van der Waals surface area contributed by atoms with Gasteiger partial charge >= 0.3 is 0 Å². The van der Waals surface area contributed by atoms with Crippen LogP contribution in [-0.2, 0) is 4.79 Å². The molecule has 5 rings (SSSR count). The molecule has 1 atom stereocenters. The largest absolute Gasteiger partial charge is 0.493 e. The number of hydrogen-bond donors (Lipinski definition) is 1. The summed E-state index contributed by atoms with van der Waals surface area (Å²) in [5, 5.41) is 15.8. The van der Waals surface area contributed by atoms with Crippen molar-refractivity contribution in [2.75, 3.05) is 12.4 Å². The number of benzene rings is 2. The van der Waals surface area contributed by atoms with E-state index in [9.17, 15) is 9.18 Å².